The predicted molar refractivity (Wildman–Crippen MR) is 79.6 cm³/mol. The van der Waals surface area contributed by atoms with Gasteiger partial charge in [-0.05, 0) is 12.0 Å². The van der Waals surface area contributed by atoms with Crippen LogP contribution in [0.1, 0.15) is 20.3 Å². The first-order chi connectivity index (χ1) is 10.1. The van der Waals surface area contributed by atoms with Crippen LogP contribution in [0.3, 0.4) is 0 Å². The van der Waals surface area contributed by atoms with Gasteiger partial charge in [-0.25, -0.2) is 9.78 Å². The van der Waals surface area contributed by atoms with Gasteiger partial charge < -0.3 is 20.1 Å². The standard InChI is InChI=1S/C14H22N4O3/c1-3-10(2)12(13(19)20)16-11-4-5-15-14(17-11)18-6-8-21-9-7-18/h4-5,10,12H,3,6-9H2,1-2H3,(H,19,20)(H,15,16,17)/t10-,12-/m0/s1. The van der Waals surface area contributed by atoms with Crippen LogP contribution in [-0.2, 0) is 9.53 Å². The number of hydrogen-bond donors (Lipinski definition) is 2. The van der Waals surface area contributed by atoms with Gasteiger partial charge in [0.1, 0.15) is 11.9 Å². The van der Waals surface area contributed by atoms with Gasteiger partial charge in [0.05, 0.1) is 13.2 Å². The summed E-state index contributed by atoms with van der Waals surface area (Å²) in [4.78, 5) is 22.1. The number of ether oxygens (including phenoxy) is 1. The molecule has 7 heteroatoms. The molecule has 0 aromatic carbocycles. The molecule has 1 aromatic rings. The van der Waals surface area contributed by atoms with Crippen LogP contribution in [0, 0.1) is 5.92 Å². The van der Waals surface area contributed by atoms with Crippen molar-refractivity contribution in [1.82, 2.24) is 9.97 Å². The lowest BCUT2D eigenvalue weighted by Gasteiger charge is -2.27. The first kappa shape index (κ1) is 15.5. The van der Waals surface area contributed by atoms with Crippen molar-refractivity contribution in [2.45, 2.75) is 26.3 Å². The van der Waals surface area contributed by atoms with Crippen molar-refractivity contribution in [3.63, 3.8) is 0 Å². The SMILES string of the molecule is CC[C@H](C)[C@H](Nc1ccnc(N2CCOCC2)n1)C(=O)O. The molecule has 2 N–H and O–H groups in total. The number of hydrogen-bond acceptors (Lipinski definition) is 6. The summed E-state index contributed by atoms with van der Waals surface area (Å²) in [5.41, 5.74) is 0. The number of carbonyl (C=O) groups is 1. The van der Waals surface area contributed by atoms with Gasteiger partial charge in [0.15, 0.2) is 0 Å². The Morgan fingerprint density at radius 3 is 2.86 bits per heavy atom. The van der Waals surface area contributed by atoms with Crippen LogP contribution in [0.25, 0.3) is 0 Å². The third kappa shape index (κ3) is 4.04. The summed E-state index contributed by atoms with van der Waals surface area (Å²) >= 11 is 0. The van der Waals surface area contributed by atoms with Crippen LogP contribution in [0.2, 0.25) is 0 Å². The van der Waals surface area contributed by atoms with Gasteiger partial charge in [-0.3, -0.25) is 0 Å². The lowest BCUT2D eigenvalue weighted by atomic mass is 9.99. The monoisotopic (exact) mass is 294 g/mol. The predicted octanol–water partition coefficient (Wildman–Crippen LogP) is 1.22. The highest BCUT2D eigenvalue weighted by molar-refractivity contribution is 5.77. The van der Waals surface area contributed by atoms with Crippen molar-refractivity contribution >= 4 is 17.7 Å². The van der Waals surface area contributed by atoms with E-state index >= 15 is 0 Å². The zero-order valence-electron chi connectivity index (χ0n) is 12.5. The minimum Gasteiger partial charge on any atom is -0.480 e. The normalized spacial score (nSPS) is 18.1. The van der Waals surface area contributed by atoms with Gasteiger partial charge in [-0.15, -0.1) is 0 Å². The maximum atomic E-state index is 11.4. The molecule has 1 fully saturated rings. The van der Waals surface area contributed by atoms with E-state index in [0.29, 0.717) is 25.0 Å². The molecule has 116 valence electrons. The Bertz CT molecular complexity index is 477. The molecule has 7 nitrogen and oxygen atoms in total. The maximum Gasteiger partial charge on any atom is 0.326 e. The summed E-state index contributed by atoms with van der Waals surface area (Å²) in [5, 5.41) is 12.3. The molecule has 0 unspecified atom stereocenters. The van der Waals surface area contributed by atoms with E-state index in [9.17, 15) is 9.90 Å². The van der Waals surface area contributed by atoms with E-state index in [0.717, 1.165) is 19.5 Å². The molecule has 21 heavy (non-hydrogen) atoms. The van der Waals surface area contributed by atoms with E-state index in [2.05, 4.69) is 15.3 Å². The van der Waals surface area contributed by atoms with Crippen LogP contribution < -0.4 is 10.2 Å². The first-order valence-electron chi connectivity index (χ1n) is 7.27. The van der Waals surface area contributed by atoms with Crippen LogP contribution in [-0.4, -0.2) is 53.4 Å². The van der Waals surface area contributed by atoms with Crippen molar-refractivity contribution in [1.29, 1.82) is 0 Å². The Morgan fingerprint density at radius 1 is 1.52 bits per heavy atom. The van der Waals surface area contributed by atoms with E-state index < -0.39 is 12.0 Å². The fourth-order valence-electron chi connectivity index (χ4n) is 2.19. The highest BCUT2D eigenvalue weighted by atomic mass is 16.5. The molecule has 0 saturated carbocycles. The van der Waals surface area contributed by atoms with Crippen molar-refractivity contribution in [2.24, 2.45) is 5.92 Å². The minimum absolute atomic E-state index is 0.0179. The smallest absolute Gasteiger partial charge is 0.326 e. The molecule has 2 heterocycles. The summed E-state index contributed by atoms with van der Waals surface area (Å²) in [7, 11) is 0. The van der Waals surface area contributed by atoms with Crippen molar-refractivity contribution in [3.05, 3.63) is 12.3 Å². The van der Waals surface area contributed by atoms with E-state index in [1.807, 2.05) is 18.7 Å². The van der Waals surface area contributed by atoms with Gasteiger partial charge in [-0.2, -0.15) is 4.98 Å². The molecule has 0 radical (unpaired) electrons. The fraction of sp³-hybridized carbons (Fsp3) is 0.643. The Hall–Kier alpha value is -1.89. The molecule has 0 spiro atoms. The molecule has 2 rings (SSSR count). The van der Waals surface area contributed by atoms with Gasteiger partial charge in [0.25, 0.3) is 0 Å². The average molecular weight is 294 g/mol. The molecule has 0 amide bonds. The van der Waals surface area contributed by atoms with E-state index in [1.54, 1.807) is 12.3 Å². The number of nitrogens with one attached hydrogen (secondary N) is 1. The van der Waals surface area contributed by atoms with Gasteiger partial charge >= 0.3 is 5.97 Å². The van der Waals surface area contributed by atoms with Gasteiger partial charge in [0, 0.05) is 19.3 Å². The number of rotatable bonds is 6. The summed E-state index contributed by atoms with van der Waals surface area (Å²) in [6.45, 7) is 6.70. The first-order valence-corrected chi connectivity index (χ1v) is 7.27. The Labute approximate surface area is 124 Å². The quantitative estimate of drug-likeness (QED) is 0.815. The summed E-state index contributed by atoms with van der Waals surface area (Å²) < 4.78 is 5.30. The van der Waals surface area contributed by atoms with Crippen LogP contribution in [0.5, 0.6) is 0 Å². The molecule has 1 aromatic heterocycles. The second-order valence-corrected chi connectivity index (χ2v) is 5.19. The Morgan fingerprint density at radius 2 is 2.24 bits per heavy atom. The van der Waals surface area contributed by atoms with Crippen molar-refractivity contribution < 1.29 is 14.6 Å². The Balaban J connectivity index is 2.10. The topological polar surface area (TPSA) is 87.6 Å². The number of aromatic nitrogens is 2. The largest absolute Gasteiger partial charge is 0.480 e. The second-order valence-electron chi connectivity index (χ2n) is 5.19. The third-order valence-corrected chi connectivity index (χ3v) is 3.72. The summed E-state index contributed by atoms with van der Waals surface area (Å²) in [5.74, 6) is 0.302. The second kappa shape index (κ2) is 7.21. The van der Waals surface area contributed by atoms with Gasteiger partial charge in [0.2, 0.25) is 5.95 Å². The lowest BCUT2D eigenvalue weighted by Crippen LogP contribution is -2.38. The number of nitrogens with zero attached hydrogens (tertiary/aromatic N) is 3. The fourth-order valence-corrected chi connectivity index (χ4v) is 2.19. The number of morpholine rings is 1. The number of anilines is 2. The number of aliphatic carboxylic acids is 1. The maximum absolute atomic E-state index is 11.4. The summed E-state index contributed by atoms with van der Waals surface area (Å²) in [6.07, 6.45) is 2.43. The Kier molecular flexibility index (Phi) is 5.32. The lowest BCUT2D eigenvalue weighted by molar-refractivity contribution is -0.139. The van der Waals surface area contributed by atoms with Crippen LogP contribution in [0.15, 0.2) is 12.3 Å². The van der Waals surface area contributed by atoms with Crippen molar-refractivity contribution in [2.75, 3.05) is 36.5 Å². The average Bonchev–Trinajstić information content (AvgIpc) is 2.53. The van der Waals surface area contributed by atoms with Crippen molar-refractivity contribution in [3.8, 4) is 0 Å². The van der Waals surface area contributed by atoms with E-state index in [-0.39, 0.29) is 5.92 Å². The van der Waals surface area contributed by atoms with Gasteiger partial charge in [-0.1, -0.05) is 20.3 Å². The molecule has 1 aliphatic rings. The number of carboxylic acids is 1. The molecule has 2 atom stereocenters. The molecule has 0 bridgehead atoms. The molecule has 1 saturated heterocycles. The third-order valence-electron chi connectivity index (χ3n) is 3.72. The van der Waals surface area contributed by atoms with E-state index in [1.165, 1.54) is 0 Å². The zero-order valence-corrected chi connectivity index (χ0v) is 12.5. The number of carboxylic acid groups (broad SMARTS) is 1. The zero-order chi connectivity index (χ0) is 15.2. The molecular formula is C14H22N4O3. The summed E-state index contributed by atoms with van der Waals surface area (Å²) in [6, 6.07) is 1.05. The van der Waals surface area contributed by atoms with Crippen LogP contribution >= 0.6 is 0 Å². The highest BCUT2D eigenvalue weighted by Gasteiger charge is 2.24. The van der Waals surface area contributed by atoms with Crippen LogP contribution in [0.4, 0.5) is 11.8 Å². The van der Waals surface area contributed by atoms with E-state index in [4.69, 9.17) is 4.74 Å². The molecule has 1 aliphatic heterocycles. The highest BCUT2D eigenvalue weighted by Crippen LogP contribution is 2.16. The molecule has 0 aliphatic carbocycles. The molecular weight excluding hydrogens is 272 g/mol. The minimum atomic E-state index is -0.865.